The Morgan fingerprint density at radius 3 is 1.38 bits per heavy atom. The Kier molecular flexibility index (Phi) is 9.35. The van der Waals surface area contributed by atoms with Crippen LogP contribution in [-0.4, -0.2) is 64.1 Å². The fourth-order valence-corrected chi connectivity index (χ4v) is 10.6. The van der Waals surface area contributed by atoms with E-state index in [2.05, 4.69) is 240 Å². The van der Waals surface area contributed by atoms with Crippen molar-refractivity contribution in [2.75, 3.05) is 0 Å². The first-order chi connectivity index (χ1) is 30.7. The predicted molar refractivity (Wildman–Crippen MR) is 294 cm³/mol. The molecule has 2 heterocycles. The van der Waals surface area contributed by atoms with Crippen molar-refractivity contribution in [2.24, 2.45) is 0 Å². The first-order valence-electron chi connectivity index (χ1n) is 22.2. The Morgan fingerprint density at radius 1 is 0.286 bits per heavy atom. The molecule has 2 nitrogen and oxygen atoms in total. The fourth-order valence-electron chi connectivity index (χ4n) is 10.6. The van der Waals surface area contributed by atoms with Gasteiger partial charge in [-0.2, -0.15) is 0 Å². The van der Waals surface area contributed by atoms with Gasteiger partial charge < -0.3 is 9.13 Å². The smallest absolute Gasteiger partial charge is 0.141 e. The molecule has 0 saturated carbocycles. The second kappa shape index (κ2) is 15.1. The van der Waals surface area contributed by atoms with Crippen molar-refractivity contribution in [3.8, 4) is 55.9 Å². The van der Waals surface area contributed by atoms with Gasteiger partial charge in [-0.15, -0.1) is 5.46 Å². The van der Waals surface area contributed by atoms with Crippen LogP contribution >= 0.6 is 0 Å². The lowest BCUT2D eigenvalue weighted by atomic mass is 9.64. The van der Waals surface area contributed by atoms with E-state index >= 15 is 0 Å². The van der Waals surface area contributed by atoms with Gasteiger partial charge in [-0.05, 0) is 92.4 Å². The quantitative estimate of drug-likeness (QED) is 0.229. The zero-order valence-electron chi connectivity index (χ0n) is 37.1. The van der Waals surface area contributed by atoms with Gasteiger partial charge in [0.05, 0.1) is 11.0 Å². The molecule has 0 saturated heterocycles. The van der Waals surface area contributed by atoms with Gasteiger partial charge in [0.15, 0.2) is 0 Å². The summed E-state index contributed by atoms with van der Waals surface area (Å²) in [5, 5.41) is 5.26. The highest BCUT2D eigenvalue weighted by atomic mass is 15.0. The molecule has 0 fully saturated rings. The van der Waals surface area contributed by atoms with Crippen LogP contribution in [-0.2, 0) is 0 Å². The molecule has 0 atom stereocenters. The minimum absolute atomic E-state index is 1.17. The van der Waals surface area contributed by atoms with E-state index in [-0.39, 0.29) is 0 Å². The van der Waals surface area contributed by atoms with Gasteiger partial charge in [0, 0.05) is 38.6 Å². The molecule has 0 aliphatic carbocycles. The summed E-state index contributed by atoms with van der Waals surface area (Å²) in [6.45, 7) is 0. The number of benzene rings is 9. The van der Waals surface area contributed by atoms with Crippen LogP contribution in [0, 0.1) is 0 Å². The molecule has 0 unspecified atom stereocenters. The van der Waals surface area contributed by atoms with Gasteiger partial charge in [0.25, 0.3) is 0 Å². The number of para-hydroxylation sites is 1. The first-order valence-corrected chi connectivity index (χ1v) is 22.2. The van der Waals surface area contributed by atoms with E-state index in [9.17, 15) is 0 Å². The molecule has 9 heteroatoms. The maximum Gasteiger partial charge on any atom is 0.141 e. The molecule has 11 rings (SSSR count). The molecule has 63 heavy (non-hydrogen) atoms. The molecule has 290 valence electrons. The molecule has 0 aliphatic rings. The highest BCUT2D eigenvalue weighted by Gasteiger charge is 2.25. The third-order valence-electron chi connectivity index (χ3n) is 14.3. The molecular weight excluding hydrogens is 752 g/mol. The second-order valence-corrected chi connectivity index (χ2v) is 17.5. The van der Waals surface area contributed by atoms with Crippen molar-refractivity contribution in [1.82, 2.24) is 9.13 Å². The number of hydrogen-bond donors (Lipinski definition) is 0. The molecule has 0 N–H and O–H groups in total. The van der Waals surface area contributed by atoms with Crippen LogP contribution < -0.4 is 38.2 Å². The highest BCUT2D eigenvalue weighted by Crippen LogP contribution is 2.40. The summed E-state index contributed by atoms with van der Waals surface area (Å²) in [5.74, 6) is 0. The maximum absolute atomic E-state index is 2.57. The third-order valence-corrected chi connectivity index (χ3v) is 14.3. The van der Waals surface area contributed by atoms with Crippen molar-refractivity contribution in [3.63, 3.8) is 0 Å². The monoisotopic (exact) mass is 796 g/mol. The lowest BCUT2D eigenvalue weighted by Gasteiger charge is -2.19. The van der Waals surface area contributed by atoms with Crippen molar-refractivity contribution >= 4 is 137 Å². The summed E-state index contributed by atoms with van der Waals surface area (Å²) in [4.78, 5) is 0. The van der Waals surface area contributed by atoms with E-state index in [0.29, 0.717) is 0 Å². The predicted octanol–water partition coefficient (Wildman–Crippen LogP) is 2.36. The number of fused-ring (bicyclic) bond motifs is 6. The van der Waals surface area contributed by atoms with Gasteiger partial charge in [0.1, 0.15) is 54.9 Å². The zero-order valence-corrected chi connectivity index (χ0v) is 37.1. The minimum Gasteiger partial charge on any atom is -0.310 e. The summed E-state index contributed by atoms with van der Waals surface area (Å²) in [6.07, 6.45) is 0. The van der Waals surface area contributed by atoms with Crippen LogP contribution in [0.1, 0.15) is 0 Å². The Balaban J connectivity index is 1.14. The Bertz CT molecular complexity index is 3600. The van der Waals surface area contributed by atoms with E-state index in [1.54, 1.807) is 0 Å². The topological polar surface area (TPSA) is 9.86 Å². The minimum atomic E-state index is 1.17. The van der Waals surface area contributed by atoms with E-state index in [1.807, 2.05) is 0 Å². The van der Waals surface area contributed by atoms with Gasteiger partial charge in [-0.1, -0.05) is 166 Å². The molecular formula is C54H43B7N2. The van der Waals surface area contributed by atoms with Gasteiger partial charge >= 0.3 is 0 Å². The summed E-state index contributed by atoms with van der Waals surface area (Å²) in [5.41, 5.74) is 26.7. The fraction of sp³-hybridized carbons (Fsp3) is 0. The molecule has 2 aromatic heterocycles. The van der Waals surface area contributed by atoms with E-state index in [0.717, 1.165) is 0 Å². The zero-order chi connectivity index (χ0) is 43.1. The van der Waals surface area contributed by atoms with Crippen LogP contribution in [0.3, 0.4) is 0 Å². The lowest BCUT2D eigenvalue weighted by Crippen LogP contribution is -2.48. The van der Waals surface area contributed by atoms with Crippen molar-refractivity contribution in [3.05, 3.63) is 176 Å². The van der Waals surface area contributed by atoms with E-state index < -0.39 is 0 Å². The Hall–Kier alpha value is -6.97. The van der Waals surface area contributed by atoms with Crippen LogP contribution in [0.4, 0.5) is 0 Å². The van der Waals surface area contributed by atoms with Crippen molar-refractivity contribution in [2.45, 2.75) is 0 Å². The molecule has 9 aromatic carbocycles. The highest BCUT2D eigenvalue weighted by molar-refractivity contribution is 6.69. The third kappa shape index (κ3) is 6.04. The second-order valence-electron chi connectivity index (χ2n) is 17.5. The van der Waals surface area contributed by atoms with Gasteiger partial charge in [-0.25, -0.2) is 0 Å². The maximum atomic E-state index is 2.57. The Morgan fingerprint density at radius 2 is 0.762 bits per heavy atom. The number of rotatable bonds is 6. The number of aromatic nitrogens is 2. The normalized spacial score (nSPS) is 11.6. The first kappa shape index (κ1) is 38.9. The van der Waals surface area contributed by atoms with E-state index in [1.165, 1.54) is 138 Å². The molecule has 11 aromatic rings. The van der Waals surface area contributed by atoms with Crippen LogP contribution in [0.15, 0.2) is 176 Å². The van der Waals surface area contributed by atoms with Crippen molar-refractivity contribution in [1.29, 1.82) is 0 Å². The lowest BCUT2D eigenvalue weighted by molar-refractivity contribution is 1.18. The summed E-state index contributed by atoms with van der Waals surface area (Å²) in [7, 11) is 16.3. The summed E-state index contributed by atoms with van der Waals surface area (Å²) >= 11 is 0. The summed E-state index contributed by atoms with van der Waals surface area (Å²) < 4.78 is 5.01. The van der Waals surface area contributed by atoms with Crippen molar-refractivity contribution < 1.29 is 0 Å². The number of nitrogens with zero attached hydrogens (tertiary/aromatic N) is 2. The van der Waals surface area contributed by atoms with Crippen LogP contribution in [0.25, 0.3) is 99.5 Å². The van der Waals surface area contributed by atoms with Crippen LogP contribution in [0.2, 0.25) is 0 Å². The molecule has 0 radical (unpaired) electrons. The molecule has 0 aliphatic heterocycles. The van der Waals surface area contributed by atoms with Crippen LogP contribution in [0.5, 0.6) is 0 Å². The summed E-state index contributed by atoms with van der Waals surface area (Å²) in [6, 6.07) is 64.4. The van der Waals surface area contributed by atoms with Gasteiger partial charge in [0.2, 0.25) is 0 Å². The average molecular weight is 796 g/mol. The number of hydrogen-bond acceptors (Lipinski definition) is 0. The average Bonchev–Trinajstić information content (AvgIpc) is 3.87. The standard InChI is InChI=1S/C54H43B7N2/c55-46-42(35-25-28-40-39(29-35)43-38(34-13-6-2-7-14-34)17-10-18-41(43)62(40)36-15-8-3-9-16-36)47(56)51(60)53-44(46)45-48(57)49(58)50(59)52(61)54(45)63(53)37-26-23-33(24-27-37)32-21-19-31(20-22-32)30-11-4-1-5-12-30/h1-29H,55-61H2. The molecule has 0 bridgehead atoms. The van der Waals surface area contributed by atoms with E-state index in [4.69, 9.17) is 0 Å². The van der Waals surface area contributed by atoms with Gasteiger partial charge in [-0.3, -0.25) is 0 Å². The largest absolute Gasteiger partial charge is 0.310 e. The molecule has 0 amide bonds. The Labute approximate surface area is 375 Å². The SMILES string of the molecule is Bc1c(B)c(B)c2c(c1B)c1c(B)c(-c3ccc4c(c3)c3c(-c5ccccc5)cccc3n4-c3ccccc3)c(B)c(B)c1n2-c1ccc(-c2ccc(-c3ccccc3)cc2)cc1. The molecule has 0 spiro atoms.